The number of carboxylic acid groups (broad SMARTS) is 1. The number of aliphatic carboxylic acids is 1. The molecule has 7 nitrogen and oxygen atoms in total. The second-order valence-electron chi connectivity index (χ2n) is 4.58. The number of carbonyl (C=O) groups excluding carboxylic acids is 1. The van der Waals surface area contributed by atoms with E-state index in [1.54, 1.807) is 0 Å². The van der Waals surface area contributed by atoms with Crippen LogP contribution >= 0.6 is 28.5 Å². The summed E-state index contributed by atoms with van der Waals surface area (Å²) in [5, 5.41) is 8.80. The predicted octanol–water partition coefficient (Wildman–Crippen LogP) is 2.75. The van der Waals surface area contributed by atoms with E-state index in [1.807, 2.05) is 0 Å². The summed E-state index contributed by atoms with van der Waals surface area (Å²) in [4.78, 5) is 40.6. The Labute approximate surface area is 137 Å². The van der Waals surface area contributed by atoms with Crippen molar-refractivity contribution >= 4 is 40.4 Å². The summed E-state index contributed by atoms with van der Waals surface area (Å²) in [6.07, 6.45) is 3.02. The van der Waals surface area contributed by atoms with Gasteiger partial charge >= 0.3 is 137 Å². The van der Waals surface area contributed by atoms with Crippen molar-refractivity contribution in [1.29, 1.82) is 0 Å². The van der Waals surface area contributed by atoms with Crippen molar-refractivity contribution in [3.05, 3.63) is 23.3 Å². The van der Waals surface area contributed by atoms with Gasteiger partial charge in [0.2, 0.25) is 0 Å². The minimum absolute atomic E-state index is 0.0938. The third kappa shape index (κ3) is 10.1. The van der Waals surface area contributed by atoms with Crippen LogP contribution < -0.4 is 0 Å². The van der Waals surface area contributed by atoms with Gasteiger partial charge in [0.15, 0.2) is 0 Å². The molecule has 0 spiro atoms. The Bertz CT molecular complexity index is 484. The maximum absolute atomic E-state index is 11.4. The van der Waals surface area contributed by atoms with Crippen LogP contribution in [0.15, 0.2) is 23.3 Å². The van der Waals surface area contributed by atoms with Crippen molar-refractivity contribution in [3.63, 3.8) is 0 Å². The fraction of sp³-hybridized carbons (Fsp3) is 0.500. The zero-order valence-electron chi connectivity index (χ0n) is 12.3. The van der Waals surface area contributed by atoms with Crippen LogP contribution in [0.25, 0.3) is 0 Å². The van der Waals surface area contributed by atoms with Gasteiger partial charge in [0, 0.05) is 0 Å². The predicted molar refractivity (Wildman–Crippen MR) is 84.3 cm³/mol. The van der Waals surface area contributed by atoms with E-state index >= 15 is 0 Å². The van der Waals surface area contributed by atoms with Crippen LogP contribution in [0.3, 0.4) is 0 Å². The third-order valence-corrected chi connectivity index (χ3v) is 3.72. The van der Waals surface area contributed by atoms with Gasteiger partial charge in [-0.1, -0.05) is 0 Å². The second kappa shape index (κ2) is 8.24. The number of carboxylic acids is 1. The summed E-state index contributed by atoms with van der Waals surface area (Å²) in [6, 6.07) is 0. The first-order chi connectivity index (χ1) is 9.82. The van der Waals surface area contributed by atoms with Crippen LogP contribution in [-0.2, 0) is 18.8 Å². The molecular formula is C12H19Cl2O7P. The molecule has 0 aromatic carbocycles. The molecule has 0 aliphatic carbocycles. The molecule has 1 atom stereocenters. The first-order valence-corrected chi connectivity index (χ1v) is 9.96. The number of hydrogen-bond acceptors (Lipinski definition) is 6. The summed E-state index contributed by atoms with van der Waals surface area (Å²) in [6.45, 7) is 2.57. The summed E-state index contributed by atoms with van der Waals surface area (Å²) >= 11 is 10.5. The van der Waals surface area contributed by atoms with Gasteiger partial charge in [-0.2, -0.15) is 0 Å². The molecule has 0 heterocycles. The molecule has 0 radical (unpaired) electrons. The topological polar surface area (TPSA) is 113 Å². The van der Waals surface area contributed by atoms with E-state index in [0.29, 0.717) is 0 Å². The number of esters is 1. The van der Waals surface area contributed by atoms with E-state index in [-0.39, 0.29) is 24.2 Å². The summed E-state index contributed by atoms with van der Waals surface area (Å²) in [5.41, 5.74) is 0.342. The van der Waals surface area contributed by atoms with Crippen LogP contribution in [0.1, 0.15) is 20.3 Å². The van der Waals surface area contributed by atoms with Crippen molar-refractivity contribution in [2.24, 2.45) is 5.92 Å². The Morgan fingerprint density at radius 1 is 1.23 bits per heavy atom. The normalized spacial score (nSPS) is 16.6. The molecule has 0 bridgehead atoms. The quantitative estimate of drug-likeness (QED) is 0.339. The van der Waals surface area contributed by atoms with Gasteiger partial charge in [-0.3, -0.25) is 0 Å². The van der Waals surface area contributed by atoms with E-state index in [2.05, 4.69) is 9.26 Å². The van der Waals surface area contributed by atoms with Crippen molar-refractivity contribution in [2.45, 2.75) is 20.3 Å². The number of methoxy groups -OCH3 is 1. The van der Waals surface area contributed by atoms with Crippen LogP contribution in [-0.4, -0.2) is 40.5 Å². The monoisotopic (exact) mass is 376 g/mol. The zero-order chi connectivity index (χ0) is 17.6. The molecular weight excluding hydrogens is 358 g/mol. The summed E-state index contributed by atoms with van der Waals surface area (Å²) in [7, 11) is 1.21. The van der Waals surface area contributed by atoms with Gasteiger partial charge in [-0.25, -0.2) is 0 Å². The number of halogens is 2. The molecule has 0 aromatic heterocycles. The average molecular weight is 377 g/mol. The van der Waals surface area contributed by atoms with Gasteiger partial charge in [0.05, 0.1) is 0 Å². The second-order valence-corrected chi connectivity index (χ2v) is 10.5. The van der Waals surface area contributed by atoms with E-state index in [1.165, 1.54) is 33.1 Å². The van der Waals surface area contributed by atoms with Gasteiger partial charge in [-0.15, -0.1) is 0 Å². The number of allylic oxidation sites excluding steroid dienone is 1. The van der Waals surface area contributed by atoms with Gasteiger partial charge in [0.1, 0.15) is 0 Å². The average Bonchev–Trinajstić information content (AvgIpc) is 2.38. The fourth-order valence-corrected chi connectivity index (χ4v) is 2.18. The number of hydrogen-bond donors (Lipinski definition) is 3. The Hall–Kier alpha value is -0.690. The van der Waals surface area contributed by atoms with Gasteiger partial charge < -0.3 is 0 Å². The molecule has 128 valence electrons. The molecule has 0 saturated carbocycles. The standard InChI is InChI=1S/C12H19Cl2O7P/c1-8(11(15)16)4-5-10(6-9(2)12(17)20-3)7-21-22(13,14,18)19/h4,6,10,18-19H,5,7H2,1-3H3,(H,15,16). The van der Waals surface area contributed by atoms with E-state index < -0.39 is 23.8 Å². The Morgan fingerprint density at radius 3 is 2.18 bits per heavy atom. The zero-order valence-corrected chi connectivity index (χ0v) is 14.7. The summed E-state index contributed by atoms with van der Waals surface area (Å²) in [5.74, 6) is -7.42. The molecule has 10 heteroatoms. The van der Waals surface area contributed by atoms with E-state index in [9.17, 15) is 19.4 Å². The molecule has 0 fully saturated rings. The number of rotatable bonds is 8. The molecule has 1 unspecified atom stereocenters. The molecule has 0 amide bonds. The Kier molecular flexibility index (Phi) is 7.98. The molecule has 0 aromatic rings. The van der Waals surface area contributed by atoms with Crippen molar-refractivity contribution < 1.29 is 33.7 Å². The molecule has 22 heavy (non-hydrogen) atoms. The van der Waals surface area contributed by atoms with Crippen molar-refractivity contribution in [1.82, 2.24) is 0 Å². The number of ether oxygens (including phenoxy) is 1. The molecule has 0 aliphatic heterocycles. The maximum atomic E-state index is 11.4. The van der Waals surface area contributed by atoms with Crippen molar-refractivity contribution in [3.8, 4) is 0 Å². The Morgan fingerprint density at radius 2 is 1.77 bits per heavy atom. The SMILES string of the molecule is COC(=O)C(C)=CC(CC=C(C)C(=O)O)COP(O)(O)(Cl)Cl. The fourth-order valence-electron chi connectivity index (χ4n) is 1.40. The van der Waals surface area contributed by atoms with E-state index in [0.717, 1.165) is 0 Å². The van der Waals surface area contributed by atoms with Gasteiger partial charge in [-0.05, 0) is 0 Å². The van der Waals surface area contributed by atoms with E-state index in [4.69, 9.17) is 27.6 Å². The van der Waals surface area contributed by atoms with Crippen molar-refractivity contribution in [2.75, 3.05) is 13.7 Å². The van der Waals surface area contributed by atoms with Crippen LogP contribution in [0.2, 0.25) is 0 Å². The molecule has 0 saturated heterocycles. The van der Waals surface area contributed by atoms with Crippen LogP contribution in [0.4, 0.5) is 0 Å². The first kappa shape index (κ1) is 21.3. The van der Waals surface area contributed by atoms with Gasteiger partial charge in [0.25, 0.3) is 0 Å². The van der Waals surface area contributed by atoms with Crippen LogP contribution in [0, 0.1) is 5.92 Å². The summed E-state index contributed by atoms with van der Waals surface area (Å²) < 4.78 is 9.23. The Balaban J connectivity index is 5.12. The molecule has 3 N–H and O–H groups in total. The minimum atomic E-state index is -5.18. The molecule has 0 aliphatic rings. The van der Waals surface area contributed by atoms with Crippen LogP contribution in [0.5, 0.6) is 0 Å². The third-order valence-electron chi connectivity index (χ3n) is 2.56. The number of carbonyl (C=O) groups is 2. The first-order valence-electron chi connectivity index (χ1n) is 6.09. The molecule has 0 rings (SSSR count).